The number of hydrogen-bond donors (Lipinski definition) is 1. The van der Waals surface area contributed by atoms with Gasteiger partial charge in [0.2, 0.25) is 0 Å². The molecule has 0 radical (unpaired) electrons. The predicted molar refractivity (Wildman–Crippen MR) is 79.2 cm³/mol. The minimum absolute atomic E-state index is 0.484. The number of hydrogen-bond acceptors (Lipinski definition) is 2. The molecule has 0 aliphatic carbocycles. The molecule has 1 N–H and O–H groups in total. The zero-order valence-corrected chi connectivity index (χ0v) is 11.2. The van der Waals surface area contributed by atoms with E-state index in [9.17, 15) is 9.90 Å². The van der Waals surface area contributed by atoms with Gasteiger partial charge in [-0.25, -0.2) is 0 Å². The van der Waals surface area contributed by atoms with E-state index in [1.54, 1.807) is 0 Å². The minimum atomic E-state index is -0.763. The molecule has 2 aromatic rings. The normalized spacial score (nSPS) is 14.9. The molecule has 102 valence electrons. The Labute approximate surface area is 118 Å². The number of carboxylic acids is 1. The zero-order valence-electron chi connectivity index (χ0n) is 11.2. The third-order valence-electron chi connectivity index (χ3n) is 3.89. The SMILES string of the molecule is O=C(O)C(CN1CCc2ccccc21)c1ccccc1. The van der Waals surface area contributed by atoms with Crippen molar-refractivity contribution in [3.63, 3.8) is 0 Å². The summed E-state index contributed by atoms with van der Waals surface area (Å²) in [7, 11) is 0. The summed E-state index contributed by atoms with van der Waals surface area (Å²) in [6, 6.07) is 17.7. The number of fused-ring (bicyclic) bond motifs is 1. The summed E-state index contributed by atoms with van der Waals surface area (Å²) in [5.74, 6) is -1.25. The summed E-state index contributed by atoms with van der Waals surface area (Å²) < 4.78 is 0. The van der Waals surface area contributed by atoms with Gasteiger partial charge in [-0.15, -0.1) is 0 Å². The average Bonchev–Trinajstić information content (AvgIpc) is 2.88. The fourth-order valence-corrected chi connectivity index (χ4v) is 2.83. The van der Waals surface area contributed by atoms with Crippen molar-refractivity contribution in [1.29, 1.82) is 0 Å². The van der Waals surface area contributed by atoms with Gasteiger partial charge in [0.05, 0.1) is 5.92 Å². The van der Waals surface area contributed by atoms with E-state index in [0.29, 0.717) is 6.54 Å². The number of rotatable bonds is 4. The molecule has 0 spiro atoms. The third kappa shape index (κ3) is 2.39. The van der Waals surface area contributed by atoms with Crippen molar-refractivity contribution in [2.75, 3.05) is 18.0 Å². The van der Waals surface area contributed by atoms with Crippen LogP contribution in [0.2, 0.25) is 0 Å². The van der Waals surface area contributed by atoms with Crippen molar-refractivity contribution in [2.45, 2.75) is 12.3 Å². The highest BCUT2D eigenvalue weighted by atomic mass is 16.4. The maximum atomic E-state index is 11.6. The smallest absolute Gasteiger partial charge is 0.312 e. The van der Waals surface area contributed by atoms with Crippen molar-refractivity contribution in [3.8, 4) is 0 Å². The van der Waals surface area contributed by atoms with Crippen molar-refractivity contribution >= 4 is 11.7 Å². The number of carbonyl (C=O) groups is 1. The van der Waals surface area contributed by atoms with Gasteiger partial charge < -0.3 is 10.0 Å². The van der Waals surface area contributed by atoms with Gasteiger partial charge in [0, 0.05) is 18.8 Å². The first kappa shape index (κ1) is 12.7. The molecule has 2 aromatic carbocycles. The van der Waals surface area contributed by atoms with Crippen LogP contribution < -0.4 is 4.90 Å². The van der Waals surface area contributed by atoms with E-state index < -0.39 is 11.9 Å². The van der Waals surface area contributed by atoms with Crippen LogP contribution in [0.4, 0.5) is 5.69 Å². The van der Waals surface area contributed by atoms with Crippen molar-refractivity contribution in [2.24, 2.45) is 0 Å². The second-order valence-corrected chi connectivity index (χ2v) is 5.13. The van der Waals surface area contributed by atoms with E-state index in [-0.39, 0.29) is 0 Å². The molecule has 1 unspecified atom stereocenters. The van der Waals surface area contributed by atoms with Gasteiger partial charge in [0.1, 0.15) is 0 Å². The van der Waals surface area contributed by atoms with Crippen molar-refractivity contribution in [3.05, 3.63) is 65.7 Å². The van der Waals surface area contributed by atoms with Gasteiger partial charge in [-0.3, -0.25) is 4.79 Å². The summed E-state index contributed by atoms with van der Waals surface area (Å²) in [5.41, 5.74) is 3.35. The van der Waals surface area contributed by atoms with Gasteiger partial charge in [-0.2, -0.15) is 0 Å². The quantitative estimate of drug-likeness (QED) is 0.926. The van der Waals surface area contributed by atoms with Gasteiger partial charge in [-0.05, 0) is 23.6 Å². The van der Waals surface area contributed by atoms with Crippen LogP contribution in [-0.4, -0.2) is 24.2 Å². The Hall–Kier alpha value is -2.29. The summed E-state index contributed by atoms with van der Waals surface area (Å²) in [6.45, 7) is 1.42. The maximum Gasteiger partial charge on any atom is 0.312 e. The van der Waals surface area contributed by atoms with E-state index in [1.165, 1.54) is 11.3 Å². The topological polar surface area (TPSA) is 40.5 Å². The minimum Gasteiger partial charge on any atom is -0.481 e. The Balaban J connectivity index is 1.84. The molecule has 0 saturated heterocycles. The molecule has 1 aliphatic heterocycles. The Morgan fingerprint density at radius 3 is 2.55 bits per heavy atom. The number of carboxylic acid groups (broad SMARTS) is 1. The molecule has 3 heteroatoms. The maximum absolute atomic E-state index is 11.6. The largest absolute Gasteiger partial charge is 0.481 e. The van der Waals surface area contributed by atoms with Crippen LogP contribution >= 0.6 is 0 Å². The fraction of sp³-hybridized carbons (Fsp3) is 0.235. The summed E-state index contributed by atoms with van der Waals surface area (Å²) in [4.78, 5) is 13.8. The van der Waals surface area contributed by atoms with Crippen molar-refractivity contribution in [1.82, 2.24) is 0 Å². The monoisotopic (exact) mass is 267 g/mol. The average molecular weight is 267 g/mol. The molecule has 0 fully saturated rings. The summed E-state index contributed by atoms with van der Waals surface area (Å²) in [6.07, 6.45) is 0.997. The standard InChI is InChI=1S/C17H17NO2/c19-17(20)15(13-6-2-1-3-7-13)12-18-11-10-14-8-4-5-9-16(14)18/h1-9,15H,10-12H2,(H,19,20). The lowest BCUT2D eigenvalue weighted by Crippen LogP contribution is -2.30. The Kier molecular flexibility index (Phi) is 3.42. The predicted octanol–water partition coefficient (Wildman–Crippen LogP) is 2.92. The second-order valence-electron chi connectivity index (χ2n) is 5.13. The highest BCUT2D eigenvalue weighted by molar-refractivity contribution is 5.77. The van der Waals surface area contributed by atoms with Crippen LogP contribution in [0.25, 0.3) is 0 Å². The number of nitrogens with zero attached hydrogens (tertiary/aromatic N) is 1. The van der Waals surface area contributed by atoms with E-state index in [0.717, 1.165) is 18.5 Å². The highest BCUT2D eigenvalue weighted by Crippen LogP contribution is 2.30. The molecular formula is C17H17NO2. The summed E-state index contributed by atoms with van der Waals surface area (Å²) in [5, 5.41) is 9.51. The first-order valence-electron chi connectivity index (χ1n) is 6.86. The van der Waals surface area contributed by atoms with Crippen LogP contribution in [0.1, 0.15) is 17.0 Å². The van der Waals surface area contributed by atoms with E-state index >= 15 is 0 Å². The number of anilines is 1. The molecule has 3 rings (SSSR count). The van der Waals surface area contributed by atoms with Crippen LogP contribution in [0.3, 0.4) is 0 Å². The molecule has 1 atom stereocenters. The molecule has 1 heterocycles. The van der Waals surface area contributed by atoms with Gasteiger partial charge in [0.25, 0.3) is 0 Å². The van der Waals surface area contributed by atoms with Gasteiger partial charge in [-0.1, -0.05) is 48.5 Å². The molecule has 0 amide bonds. The Morgan fingerprint density at radius 2 is 1.80 bits per heavy atom. The van der Waals surface area contributed by atoms with Crippen LogP contribution in [-0.2, 0) is 11.2 Å². The lowest BCUT2D eigenvalue weighted by molar-refractivity contribution is -0.138. The van der Waals surface area contributed by atoms with E-state index in [2.05, 4.69) is 17.0 Å². The number of benzene rings is 2. The van der Waals surface area contributed by atoms with Gasteiger partial charge >= 0.3 is 5.97 Å². The molecule has 0 bridgehead atoms. The molecular weight excluding hydrogens is 250 g/mol. The fourth-order valence-electron chi connectivity index (χ4n) is 2.83. The highest BCUT2D eigenvalue weighted by Gasteiger charge is 2.26. The molecule has 20 heavy (non-hydrogen) atoms. The molecule has 0 aromatic heterocycles. The third-order valence-corrected chi connectivity index (χ3v) is 3.89. The lowest BCUT2D eigenvalue weighted by Gasteiger charge is -2.24. The van der Waals surface area contributed by atoms with E-state index in [4.69, 9.17) is 0 Å². The Bertz CT molecular complexity index is 609. The molecule has 0 saturated carbocycles. The van der Waals surface area contributed by atoms with Gasteiger partial charge in [0.15, 0.2) is 0 Å². The summed E-state index contributed by atoms with van der Waals surface area (Å²) >= 11 is 0. The first-order valence-corrected chi connectivity index (χ1v) is 6.86. The number of aliphatic carboxylic acids is 1. The number of para-hydroxylation sites is 1. The molecule has 1 aliphatic rings. The second kappa shape index (κ2) is 5.37. The van der Waals surface area contributed by atoms with Crippen LogP contribution in [0, 0.1) is 0 Å². The van der Waals surface area contributed by atoms with Crippen LogP contribution in [0.5, 0.6) is 0 Å². The van der Waals surface area contributed by atoms with E-state index in [1.807, 2.05) is 42.5 Å². The molecule has 3 nitrogen and oxygen atoms in total. The Morgan fingerprint density at radius 1 is 1.10 bits per heavy atom. The van der Waals surface area contributed by atoms with Crippen molar-refractivity contribution < 1.29 is 9.90 Å². The lowest BCUT2D eigenvalue weighted by atomic mass is 9.98. The zero-order chi connectivity index (χ0) is 13.9. The van der Waals surface area contributed by atoms with Crippen LogP contribution in [0.15, 0.2) is 54.6 Å². The first-order chi connectivity index (χ1) is 9.75.